The standard InChI is InChI=1S/C18H12F3N5OS/c1-10-14(28-17(25-10)15-23-6-3-7-24-15)16(27)26-13(9-22)11-4-2-5-12(8-11)18(19,20)21/h2-8,13H,1H3,(H,26,27). The van der Waals surface area contributed by atoms with Crippen LogP contribution in [0.1, 0.15) is 32.5 Å². The van der Waals surface area contributed by atoms with Gasteiger partial charge in [0.05, 0.1) is 17.3 Å². The number of hydrogen-bond donors (Lipinski definition) is 1. The molecule has 0 bridgehead atoms. The molecule has 2 aromatic heterocycles. The van der Waals surface area contributed by atoms with Crippen molar-refractivity contribution in [2.45, 2.75) is 19.1 Å². The summed E-state index contributed by atoms with van der Waals surface area (Å²) in [5.41, 5.74) is -0.442. The second-order valence-electron chi connectivity index (χ2n) is 5.66. The van der Waals surface area contributed by atoms with Crippen LogP contribution in [-0.4, -0.2) is 20.9 Å². The molecule has 1 unspecified atom stereocenters. The lowest BCUT2D eigenvalue weighted by atomic mass is 10.0. The highest BCUT2D eigenvalue weighted by molar-refractivity contribution is 7.17. The number of hydrogen-bond acceptors (Lipinski definition) is 6. The Morgan fingerprint density at radius 3 is 2.61 bits per heavy atom. The first-order chi connectivity index (χ1) is 13.3. The van der Waals surface area contributed by atoms with Gasteiger partial charge in [-0.25, -0.2) is 15.0 Å². The Kier molecular flexibility index (Phi) is 5.37. The first kappa shape index (κ1) is 19.4. The lowest BCUT2D eigenvalue weighted by Gasteiger charge is -2.14. The molecule has 1 N–H and O–H groups in total. The van der Waals surface area contributed by atoms with Crippen molar-refractivity contribution < 1.29 is 18.0 Å². The van der Waals surface area contributed by atoms with E-state index in [1.807, 2.05) is 6.07 Å². The Labute approximate surface area is 161 Å². The minimum absolute atomic E-state index is 0.0412. The molecular formula is C18H12F3N5OS. The van der Waals surface area contributed by atoms with Gasteiger partial charge in [0.25, 0.3) is 5.91 Å². The fraction of sp³-hybridized carbons (Fsp3) is 0.167. The number of nitrogens with zero attached hydrogens (tertiary/aromatic N) is 4. The first-order valence-electron chi connectivity index (χ1n) is 7.92. The van der Waals surface area contributed by atoms with Crippen molar-refractivity contribution in [1.82, 2.24) is 20.3 Å². The molecule has 6 nitrogen and oxygen atoms in total. The Balaban J connectivity index is 1.84. The van der Waals surface area contributed by atoms with Crippen molar-refractivity contribution in [3.63, 3.8) is 0 Å². The van der Waals surface area contributed by atoms with Crippen molar-refractivity contribution in [1.29, 1.82) is 5.26 Å². The van der Waals surface area contributed by atoms with Crippen LogP contribution in [-0.2, 0) is 6.18 Å². The molecule has 0 aliphatic rings. The lowest BCUT2D eigenvalue weighted by molar-refractivity contribution is -0.137. The van der Waals surface area contributed by atoms with Gasteiger partial charge in [0, 0.05) is 12.4 Å². The van der Waals surface area contributed by atoms with Crippen molar-refractivity contribution in [2.24, 2.45) is 0 Å². The molecule has 0 spiro atoms. The van der Waals surface area contributed by atoms with Gasteiger partial charge in [-0.3, -0.25) is 4.79 Å². The minimum atomic E-state index is -4.54. The quantitative estimate of drug-likeness (QED) is 0.713. The molecule has 2 heterocycles. The highest BCUT2D eigenvalue weighted by atomic mass is 32.1. The zero-order valence-electron chi connectivity index (χ0n) is 14.4. The van der Waals surface area contributed by atoms with E-state index in [-0.39, 0.29) is 10.4 Å². The summed E-state index contributed by atoms with van der Waals surface area (Å²) in [6.07, 6.45) is -1.46. The van der Waals surface area contributed by atoms with E-state index in [0.717, 1.165) is 23.5 Å². The Hall–Kier alpha value is -3.32. The van der Waals surface area contributed by atoms with Crippen LogP contribution in [0.4, 0.5) is 13.2 Å². The summed E-state index contributed by atoms with van der Waals surface area (Å²) in [7, 11) is 0. The average Bonchev–Trinajstić information content (AvgIpc) is 3.08. The number of rotatable bonds is 4. The third-order valence-electron chi connectivity index (χ3n) is 3.71. The predicted molar refractivity (Wildman–Crippen MR) is 95.1 cm³/mol. The third kappa shape index (κ3) is 4.15. The molecule has 0 saturated heterocycles. The van der Waals surface area contributed by atoms with Gasteiger partial charge in [-0.2, -0.15) is 18.4 Å². The van der Waals surface area contributed by atoms with Crippen LogP contribution < -0.4 is 5.32 Å². The van der Waals surface area contributed by atoms with Crippen LogP contribution in [0.3, 0.4) is 0 Å². The number of carbonyl (C=O) groups is 1. The topological polar surface area (TPSA) is 91.6 Å². The van der Waals surface area contributed by atoms with Gasteiger partial charge >= 0.3 is 6.18 Å². The molecule has 1 amide bonds. The Morgan fingerprint density at radius 2 is 1.96 bits per heavy atom. The van der Waals surface area contributed by atoms with Crippen LogP contribution in [0.25, 0.3) is 10.8 Å². The molecule has 0 aliphatic heterocycles. The van der Waals surface area contributed by atoms with Crippen molar-refractivity contribution in [2.75, 3.05) is 0 Å². The van der Waals surface area contributed by atoms with Gasteiger partial charge < -0.3 is 5.32 Å². The largest absolute Gasteiger partial charge is 0.416 e. The summed E-state index contributed by atoms with van der Waals surface area (Å²) in [4.78, 5) is 25.2. The highest BCUT2D eigenvalue weighted by Gasteiger charge is 2.31. The highest BCUT2D eigenvalue weighted by Crippen LogP contribution is 2.31. The van der Waals surface area contributed by atoms with E-state index in [2.05, 4.69) is 20.3 Å². The molecule has 0 aliphatic carbocycles. The number of nitrogens with one attached hydrogen (secondary N) is 1. The summed E-state index contributed by atoms with van der Waals surface area (Å²) < 4.78 is 38.7. The van der Waals surface area contributed by atoms with E-state index in [1.165, 1.54) is 24.5 Å². The van der Waals surface area contributed by atoms with E-state index in [1.54, 1.807) is 13.0 Å². The first-order valence-corrected chi connectivity index (χ1v) is 8.73. The molecule has 3 aromatic rings. The molecule has 1 aromatic carbocycles. The number of thiazole rings is 1. The van der Waals surface area contributed by atoms with Gasteiger partial charge in [-0.15, -0.1) is 11.3 Å². The van der Waals surface area contributed by atoms with Crippen molar-refractivity contribution in [3.05, 3.63) is 64.4 Å². The van der Waals surface area contributed by atoms with Crippen LogP contribution in [0, 0.1) is 18.3 Å². The van der Waals surface area contributed by atoms with E-state index >= 15 is 0 Å². The fourth-order valence-corrected chi connectivity index (χ4v) is 3.31. The molecule has 1 atom stereocenters. The van der Waals surface area contributed by atoms with E-state index in [4.69, 9.17) is 0 Å². The number of aromatic nitrogens is 3. The van der Waals surface area contributed by atoms with E-state index in [9.17, 15) is 23.2 Å². The zero-order chi connectivity index (χ0) is 20.3. The van der Waals surface area contributed by atoms with E-state index in [0.29, 0.717) is 16.5 Å². The molecule has 0 saturated carbocycles. The molecule has 3 rings (SSSR count). The van der Waals surface area contributed by atoms with Crippen molar-refractivity contribution in [3.8, 4) is 16.9 Å². The number of carbonyl (C=O) groups excluding carboxylic acids is 1. The number of nitriles is 1. The Bertz CT molecular complexity index is 1040. The number of benzene rings is 1. The molecule has 0 fully saturated rings. The Morgan fingerprint density at radius 1 is 1.25 bits per heavy atom. The molecular weight excluding hydrogens is 391 g/mol. The van der Waals surface area contributed by atoms with Crippen LogP contribution in [0.5, 0.6) is 0 Å². The monoisotopic (exact) mass is 403 g/mol. The summed E-state index contributed by atoms with van der Waals surface area (Å²) in [5, 5.41) is 12.2. The second-order valence-corrected chi connectivity index (χ2v) is 6.66. The predicted octanol–water partition coefficient (Wildman–Crippen LogP) is 3.92. The molecule has 0 radical (unpaired) electrons. The van der Waals surface area contributed by atoms with Crippen LogP contribution in [0.2, 0.25) is 0 Å². The summed E-state index contributed by atoms with van der Waals surface area (Å²) >= 11 is 1.04. The van der Waals surface area contributed by atoms with Gasteiger partial charge in [0.15, 0.2) is 10.8 Å². The lowest BCUT2D eigenvalue weighted by Crippen LogP contribution is -2.27. The second kappa shape index (κ2) is 7.74. The maximum Gasteiger partial charge on any atom is 0.416 e. The summed E-state index contributed by atoms with van der Waals surface area (Å²) in [6.45, 7) is 1.61. The van der Waals surface area contributed by atoms with Gasteiger partial charge in [0.2, 0.25) is 0 Å². The summed E-state index contributed by atoms with van der Waals surface area (Å²) in [5.74, 6) is -0.259. The molecule has 10 heteroatoms. The van der Waals surface area contributed by atoms with Crippen molar-refractivity contribution >= 4 is 17.2 Å². The zero-order valence-corrected chi connectivity index (χ0v) is 15.2. The molecule has 28 heavy (non-hydrogen) atoms. The number of alkyl halides is 3. The van der Waals surface area contributed by atoms with Gasteiger partial charge in [0.1, 0.15) is 10.9 Å². The number of halogens is 3. The maximum atomic E-state index is 12.9. The fourth-order valence-electron chi connectivity index (χ4n) is 2.39. The van der Waals surface area contributed by atoms with Crippen LogP contribution >= 0.6 is 11.3 Å². The van der Waals surface area contributed by atoms with E-state index < -0.39 is 23.7 Å². The maximum absolute atomic E-state index is 12.9. The number of amides is 1. The normalized spacial score (nSPS) is 12.2. The van der Waals surface area contributed by atoms with Gasteiger partial charge in [-0.05, 0) is 30.7 Å². The summed E-state index contributed by atoms with van der Waals surface area (Å²) in [6, 6.07) is 6.51. The van der Waals surface area contributed by atoms with Gasteiger partial charge in [-0.1, -0.05) is 12.1 Å². The average molecular weight is 403 g/mol. The minimum Gasteiger partial charge on any atom is -0.332 e. The molecule has 142 valence electrons. The number of aryl methyl sites for hydroxylation is 1. The third-order valence-corrected chi connectivity index (χ3v) is 4.86. The SMILES string of the molecule is Cc1nc(-c2ncccn2)sc1C(=O)NC(C#N)c1cccc(C(F)(F)F)c1. The smallest absolute Gasteiger partial charge is 0.332 e. The van der Waals surface area contributed by atoms with Crippen LogP contribution in [0.15, 0.2) is 42.7 Å².